The zero-order valence-corrected chi connectivity index (χ0v) is 11.8. The topological polar surface area (TPSA) is 12.0 Å². The maximum Gasteiger partial charge on any atom is 0.00776 e. The van der Waals surface area contributed by atoms with Gasteiger partial charge in [0.05, 0.1) is 0 Å². The molecule has 1 aliphatic rings. The van der Waals surface area contributed by atoms with Crippen molar-refractivity contribution in [1.82, 2.24) is 5.32 Å². The highest BCUT2D eigenvalue weighted by Gasteiger charge is 2.20. The quantitative estimate of drug-likeness (QED) is 0.693. The third-order valence-electron chi connectivity index (χ3n) is 3.17. The summed E-state index contributed by atoms with van der Waals surface area (Å²) in [6, 6.07) is 0.811. The van der Waals surface area contributed by atoms with Crippen molar-refractivity contribution in [2.24, 2.45) is 0 Å². The number of thioether (sulfide) groups is 2. The minimum absolute atomic E-state index is 0.811. The molecule has 0 aliphatic heterocycles. The molecule has 0 spiro atoms. The second-order valence-corrected chi connectivity index (χ2v) is 6.50. The Morgan fingerprint density at radius 3 is 2.80 bits per heavy atom. The zero-order chi connectivity index (χ0) is 10.9. The molecule has 0 aromatic carbocycles. The first-order valence-electron chi connectivity index (χ1n) is 6.12. The van der Waals surface area contributed by atoms with E-state index in [0.717, 1.165) is 11.3 Å². The van der Waals surface area contributed by atoms with E-state index in [-0.39, 0.29) is 0 Å². The van der Waals surface area contributed by atoms with Crippen LogP contribution in [0.15, 0.2) is 0 Å². The van der Waals surface area contributed by atoms with Crippen LogP contribution in [0.3, 0.4) is 0 Å². The monoisotopic (exact) mass is 247 g/mol. The van der Waals surface area contributed by atoms with Crippen molar-refractivity contribution in [3.63, 3.8) is 0 Å². The summed E-state index contributed by atoms with van der Waals surface area (Å²) in [5.41, 5.74) is 0. The van der Waals surface area contributed by atoms with Gasteiger partial charge in [-0.3, -0.25) is 0 Å². The van der Waals surface area contributed by atoms with E-state index >= 15 is 0 Å². The predicted molar refractivity (Wildman–Crippen MR) is 75.2 cm³/mol. The average Bonchev–Trinajstić information content (AvgIpc) is 2.29. The predicted octanol–water partition coefficient (Wildman–Crippen LogP) is 3.39. The number of hydrogen-bond acceptors (Lipinski definition) is 3. The second kappa shape index (κ2) is 8.77. The Bertz CT molecular complexity index is 153. The van der Waals surface area contributed by atoms with Crippen LogP contribution in [0.4, 0.5) is 0 Å². The maximum atomic E-state index is 3.72. The van der Waals surface area contributed by atoms with Gasteiger partial charge < -0.3 is 5.32 Å². The summed E-state index contributed by atoms with van der Waals surface area (Å²) in [7, 11) is 0. The summed E-state index contributed by atoms with van der Waals surface area (Å²) in [4.78, 5) is 0. The molecule has 2 unspecified atom stereocenters. The molecule has 1 fully saturated rings. The first-order chi connectivity index (χ1) is 7.36. The highest BCUT2D eigenvalue weighted by molar-refractivity contribution is 7.99. The molecule has 0 aromatic heterocycles. The molecular weight excluding hydrogens is 222 g/mol. The summed E-state index contributed by atoms with van der Waals surface area (Å²) in [6.45, 7) is 1.23. The summed E-state index contributed by atoms with van der Waals surface area (Å²) < 4.78 is 0. The van der Waals surface area contributed by atoms with Crippen LogP contribution in [0.2, 0.25) is 0 Å². The van der Waals surface area contributed by atoms with Crippen molar-refractivity contribution < 1.29 is 0 Å². The van der Waals surface area contributed by atoms with Crippen molar-refractivity contribution in [1.29, 1.82) is 0 Å². The SMILES string of the molecule is CSCCCCNC1CCCC(SC)C1. The molecule has 0 saturated heterocycles. The molecule has 1 nitrogen and oxygen atoms in total. The van der Waals surface area contributed by atoms with Crippen LogP contribution in [-0.2, 0) is 0 Å². The van der Waals surface area contributed by atoms with Crippen molar-refractivity contribution in [2.45, 2.75) is 49.8 Å². The van der Waals surface area contributed by atoms with Gasteiger partial charge in [0.2, 0.25) is 0 Å². The van der Waals surface area contributed by atoms with Crippen LogP contribution in [0.5, 0.6) is 0 Å². The van der Waals surface area contributed by atoms with Crippen molar-refractivity contribution in [3.8, 4) is 0 Å². The van der Waals surface area contributed by atoms with Crippen LogP contribution in [0.1, 0.15) is 38.5 Å². The Morgan fingerprint density at radius 1 is 1.20 bits per heavy atom. The fourth-order valence-electron chi connectivity index (χ4n) is 2.22. The molecule has 0 radical (unpaired) electrons. The fourth-order valence-corrected chi connectivity index (χ4v) is 3.54. The van der Waals surface area contributed by atoms with Gasteiger partial charge in [0.15, 0.2) is 0 Å². The van der Waals surface area contributed by atoms with Gasteiger partial charge >= 0.3 is 0 Å². The van der Waals surface area contributed by atoms with E-state index in [4.69, 9.17) is 0 Å². The van der Waals surface area contributed by atoms with E-state index < -0.39 is 0 Å². The lowest BCUT2D eigenvalue weighted by atomic mass is 9.95. The molecule has 0 amide bonds. The van der Waals surface area contributed by atoms with Crippen LogP contribution >= 0.6 is 23.5 Å². The normalized spacial score (nSPS) is 26.8. The van der Waals surface area contributed by atoms with E-state index in [1.807, 2.05) is 11.8 Å². The van der Waals surface area contributed by atoms with Crippen molar-refractivity contribution in [2.75, 3.05) is 24.8 Å². The van der Waals surface area contributed by atoms with Crippen molar-refractivity contribution >= 4 is 23.5 Å². The first kappa shape index (κ1) is 13.7. The van der Waals surface area contributed by atoms with Gasteiger partial charge in [0, 0.05) is 11.3 Å². The Labute approximate surface area is 104 Å². The van der Waals surface area contributed by atoms with Crippen LogP contribution in [0, 0.1) is 0 Å². The molecule has 1 saturated carbocycles. The lowest BCUT2D eigenvalue weighted by molar-refractivity contribution is 0.379. The summed E-state index contributed by atoms with van der Waals surface area (Å²) in [5.74, 6) is 1.32. The highest BCUT2D eigenvalue weighted by Crippen LogP contribution is 2.26. The third kappa shape index (κ3) is 6.08. The smallest absolute Gasteiger partial charge is 0.00776 e. The second-order valence-electron chi connectivity index (χ2n) is 4.38. The standard InChI is InChI=1S/C12H25NS2/c1-14-9-4-3-8-13-11-6-5-7-12(10-11)15-2/h11-13H,3-10H2,1-2H3. The van der Waals surface area contributed by atoms with Crippen molar-refractivity contribution in [3.05, 3.63) is 0 Å². The minimum atomic E-state index is 0.811. The summed E-state index contributed by atoms with van der Waals surface area (Å²) in [5, 5.41) is 4.64. The lowest BCUT2D eigenvalue weighted by Crippen LogP contribution is -2.35. The van der Waals surface area contributed by atoms with E-state index in [1.54, 1.807) is 0 Å². The Kier molecular flexibility index (Phi) is 8.02. The minimum Gasteiger partial charge on any atom is -0.314 e. The molecule has 3 heteroatoms. The highest BCUT2D eigenvalue weighted by atomic mass is 32.2. The largest absolute Gasteiger partial charge is 0.314 e. The molecule has 1 N–H and O–H groups in total. The van der Waals surface area contributed by atoms with Gasteiger partial charge in [-0.1, -0.05) is 6.42 Å². The Morgan fingerprint density at radius 2 is 2.07 bits per heavy atom. The number of hydrogen-bond donors (Lipinski definition) is 1. The number of rotatable bonds is 7. The summed E-state index contributed by atoms with van der Waals surface area (Å²) in [6.07, 6.45) is 12.8. The van der Waals surface area contributed by atoms with E-state index in [2.05, 4.69) is 29.6 Å². The van der Waals surface area contributed by atoms with Gasteiger partial charge in [-0.05, 0) is 56.9 Å². The Balaban J connectivity index is 2.00. The third-order valence-corrected chi connectivity index (χ3v) is 4.96. The van der Waals surface area contributed by atoms with E-state index in [0.29, 0.717) is 0 Å². The fraction of sp³-hybridized carbons (Fsp3) is 1.00. The molecule has 0 heterocycles. The van der Waals surface area contributed by atoms with Crippen LogP contribution < -0.4 is 5.32 Å². The van der Waals surface area contributed by atoms with Crippen LogP contribution in [0.25, 0.3) is 0 Å². The van der Waals surface area contributed by atoms with Gasteiger partial charge in [0.1, 0.15) is 0 Å². The molecule has 90 valence electrons. The van der Waals surface area contributed by atoms with Gasteiger partial charge in [-0.25, -0.2) is 0 Å². The Hall–Kier alpha value is 0.660. The molecule has 2 atom stereocenters. The summed E-state index contributed by atoms with van der Waals surface area (Å²) >= 11 is 4.01. The van der Waals surface area contributed by atoms with Gasteiger partial charge in [0.25, 0.3) is 0 Å². The molecule has 15 heavy (non-hydrogen) atoms. The van der Waals surface area contributed by atoms with Gasteiger partial charge in [-0.2, -0.15) is 23.5 Å². The molecular formula is C12H25NS2. The van der Waals surface area contributed by atoms with Gasteiger partial charge in [-0.15, -0.1) is 0 Å². The number of unbranched alkanes of at least 4 members (excludes halogenated alkanes) is 1. The van der Waals surface area contributed by atoms with Crippen LogP contribution in [-0.4, -0.2) is 36.1 Å². The molecule has 1 rings (SSSR count). The molecule has 1 aliphatic carbocycles. The van der Waals surface area contributed by atoms with E-state index in [1.165, 1.54) is 50.8 Å². The average molecular weight is 247 g/mol. The molecule has 0 bridgehead atoms. The lowest BCUT2D eigenvalue weighted by Gasteiger charge is -2.28. The molecule has 0 aromatic rings. The zero-order valence-electron chi connectivity index (χ0n) is 10.1. The van der Waals surface area contributed by atoms with E-state index in [9.17, 15) is 0 Å². The first-order valence-corrected chi connectivity index (χ1v) is 8.80. The maximum absolute atomic E-state index is 3.72. The number of nitrogens with one attached hydrogen (secondary N) is 1.